The lowest BCUT2D eigenvalue weighted by atomic mass is 10.1. The summed E-state index contributed by atoms with van der Waals surface area (Å²) in [6, 6.07) is 11.8. The topological polar surface area (TPSA) is 69.7 Å². The second kappa shape index (κ2) is 9.63. The van der Waals surface area contributed by atoms with Crippen LogP contribution in [-0.2, 0) is 13.0 Å². The van der Waals surface area contributed by atoms with E-state index in [2.05, 4.69) is 29.4 Å². The zero-order valence-electron chi connectivity index (χ0n) is 17.9. The number of carbonyl (C=O) groups excluding carboxylic acids is 1. The van der Waals surface area contributed by atoms with E-state index in [9.17, 15) is 4.79 Å². The van der Waals surface area contributed by atoms with Gasteiger partial charge < -0.3 is 19.5 Å². The van der Waals surface area contributed by atoms with Crippen molar-refractivity contribution in [2.45, 2.75) is 26.8 Å². The molecule has 0 aliphatic rings. The van der Waals surface area contributed by atoms with Crippen molar-refractivity contribution in [3.05, 3.63) is 58.1 Å². The number of aryl methyl sites for hydroxylation is 2. The van der Waals surface area contributed by atoms with Gasteiger partial charge in [-0.15, -0.1) is 11.3 Å². The van der Waals surface area contributed by atoms with Gasteiger partial charge in [0.1, 0.15) is 15.6 Å². The van der Waals surface area contributed by atoms with Gasteiger partial charge in [-0.2, -0.15) is 0 Å². The van der Waals surface area contributed by atoms with E-state index in [-0.39, 0.29) is 5.91 Å². The van der Waals surface area contributed by atoms with Gasteiger partial charge >= 0.3 is 0 Å². The highest BCUT2D eigenvalue weighted by Crippen LogP contribution is 2.35. The molecule has 0 bridgehead atoms. The van der Waals surface area contributed by atoms with Crippen LogP contribution in [0.2, 0.25) is 0 Å². The van der Waals surface area contributed by atoms with Crippen LogP contribution in [0.4, 0.5) is 0 Å². The lowest BCUT2D eigenvalue weighted by Crippen LogP contribution is -2.23. The predicted octanol–water partition coefficient (Wildman–Crippen LogP) is 4.64. The Morgan fingerprint density at radius 1 is 1.00 bits per heavy atom. The van der Waals surface area contributed by atoms with E-state index in [1.807, 2.05) is 19.1 Å². The van der Waals surface area contributed by atoms with Crippen LogP contribution in [0, 0.1) is 6.92 Å². The maximum atomic E-state index is 12.8. The Hall–Kier alpha value is -3.06. The average molecular weight is 427 g/mol. The number of methoxy groups -OCH3 is 3. The summed E-state index contributed by atoms with van der Waals surface area (Å²) in [5, 5.41) is 3.79. The summed E-state index contributed by atoms with van der Waals surface area (Å²) in [6.45, 7) is 4.27. The highest BCUT2D eigenvalue weighted by atomic mass is 32.1. The second-order valence-corrected chi connectivity index (χ2v) is 7.68. The van der Waals surface area contributed by atoms with Crippen molar-refractivity contribution in [1.29, 1.82) is 0 Å². The van der Waals surface area contributed by atoms with Gasteiger partial charge in [-0.3, -0.25) is 4.79 Å². The third-order valence-corrected chi connectivity index (χ3v) is 6.04. The quantitative estimate of drug-likeness (QED) is 0.568. The standard InChI is InChI=1S/C23H26N2O4S/c1-6-15-7-9-16(10-8-15)23-25-14(2)21(30-23)22(26)24-13-17-11-19(28-4)20(29-5)12-18(17)27-3/h7-12H,6,13H2,1-5H3,(H,24,26). The minimum atomic E-state index is -0.168. The van der Waals surface area contributed by atoms with E-state index in [1.54, 1.807) is 33.5 Å². The molecule has 0 radical (unpaired) electrons. The molecular weight excluding hydrogens is 400 g/mol. The Morgan fingerprint density at radius 2 is 1.63 bits per heavy atom. The first kappa shape index (κ1) is 21.6. The van der Waals surface area contributed by atoms with E-state index in [1.165, 1.54) is 16.9 Å². The summed E-state index contributed by atoms with van der Waals surface area (Å²) in [7, 11) is 4.72. The van der Waals surface area contributed by atoms with Gasteiger partial charge in [-0.05, 0) is 25.0 Å². The van der Waals surface area contributed by atoms with Gasteiger partial charge in [-0.1, -0.05) is 31.2 Å². The van der Waals surface area contributed by atoms with Crippen LogP contribution < -0.4 is 19.5 Å². The maximum Gasteiger partial charge on any atom is 0.263 e. The van der Waals surface area contributed by atoms with E-state index >= 15 is 0 Å². The summed E-state index contributed by atoms with van der Waals surface area (Å²) < 4.78 is 16.1. The first-order chi connectivity index (χ1) is 14.5. The number of nitrogens with one attached hydrogen (secondary N) is 1. The van der Waals surface area contributed by atoms with E-state index in [0.29, 0.717) is 34.4 Å². The van der Waals surface area contributed by atoms with Crippen LogP contribution in [0.25, 0.3) is 10.6 Å². The number of amides is 1. The molecule has 0 atom stereocenters. The fourth-order valence-corrected chi connectivity index (χ4v) is 4.09. The molecule has 0 fully saturated rings. The molecule has 3 rings (SSSR count). The Bertz CT molecular complexity index is 1030. The third kappa shape index (κ3) is 4.57. The van der Waals surface area contributed by atoms with Gasteiger partial charge in [0.05, 0.1) is 27.0 Å². The number of carbonyl (C=O) groups is 1. The van der Waals surface area contributed by atoms with Crippen LogP contribution in [0.15, 0.2) is 36.4 Å². The summed E-state index contributed by atoms with van der Waals surface area (Å²) in [6.07, 6.45) is 0.991. The molecule has 0 saturated carbocycles. The van der Waals surface area contributed by atoms with E-state index in [0.717, 1.165) is 22.6 Å². The normalized spacial score (nSPS) is 10.6. The molecule has 2 aromatic carbocycles. The SMILES string of the molecule is CCc1ccc(-c2nc(C)c(C(=O)NCc3cc(OC)c(OC)cc3OC)s2)cc1. The molecule has 0 aliphatic carbocycles. The molecule has 30 heavy (non-hydrogen) atoms. The largest absolute Gasteiger partial charge is 0.496 e. The van der Waals surface area contributed by atoms with Crippen molar-refractivity contribution in [2.75, 3.05) is 21.3 Å². The summed E-state index contributed by atoms with van der Waals surface area (Å²) in [5.41, 5.74) is 3.79. The number of benzene rings is 2. The number of aromatic nitrogens is 1. The number of hydrogen-bond donors (Lipinski definition) is 1. The first-order valence-electron chi connectivity index (χ1n) is 9.64. The molecule has 158 valence electrons. The van der Waals surface area contributed by atoms with Crippen LogP contribution in [-0.4, -0.2) is 32.2 Å². The molecule has 6 nitrogen and oxygen atoms in total. The van der Waals surface area contributed by atoms with Gasteiger partial charge in [0.15, 0.2) is 11.5 Å². The predicted molar refractivity (Wildman–Crippen MR) is 119 cm³/mol. The summed E-state index contributed by atoms with van der Waals surface area (Å²) in [5.74, 6) is 1.60. The smallest absolute Gasteiger partial charge is 0.263 e. The van der Waals surface area contributed by atoms with Gasteiger partial charge in [0.2, 0.25) is 0 Å². The van der Waals surface area contributed by atoms with Crippen LogP contribution in [0.3, 0.4) is 0 Å². The fourth-order valence-electron chi connectivity index (χ4n) is 3.10. The monoisotopic (exact) mass is 426 g/mol. The zero-order chi connectivity index (χ0) is 21.7. The Kier molecular flexibility index (Phi) is 6.95. The lowest BCUT2D eigenvalue weighted by Gasteiger charge is -2.14. The lowest BCUT2D eigenvalue weighted by molar-refractivity contribution is 0.0954. The van der Waals surface area contributed by atoms with E-state index < -0.39 is 0 Å². The highest BCUT2D eigenvalue weighted by Gasteiger charge is 2.18. The van der Waals surface area contributed by atoms with Gasteiger partial charge in [0.25, 0.3) is 5.91 Å². The minimum Gasteiger partial charge on any atom is -0.496 e. The second-order valence-electron chi connectivity index (χ2n) is 6.69. The number of nitrogens with zero attached hydrogens (tertiary/aromatic N) is 1. The molecular formula is C23H26N2O4S. The van der Waals surface area contributed by atoms with Crippen molar-refractivity contribution in [3.8, 4) is 27.8 Å². The Labute approximate surface area is 180 Å². The van der Waals surface area contributed by atoms with E-state index in [4.69, 9.17) is 14.2 Å². The van der Waals surface area contributed by atoms with Gasteiger partial charge in [0, 0.05) is 23.7 Å². The van der Waals surface area contributed by atoms with Crippen molar-refractivity contribution in [3.63, 3.8) is 0 Å². The van der Waals surface area contributed by atoms with Crippen molar-refractivity contribution in [2.24, 2.45) is 0 Å². The molecule has 0 spiro atoms. The Balaban J connectivity index is 1.77. The maximum absolute atomic E-state index is 12.8. The Morgan fingerprint density at radius 3 is 2.23 bits per heavy atom. The number of rotatable bonds is 8. The first-order valence-corrected chi connectivity index (χ1v) is 10.5. The minimum absolute atomic E-state index is 0.168. The molecule has 0 saturated heterocycles. The molecule has 1 N–H and O–H groups in total. The molecule has 1 heterocycles. The number of thiazole rings is 1. The number of hydrogen-bond acceptors (Lipinski definition) is 6. The van der Waals surface area contributed by atoms with Crippen molar-refractivity contribution < 1.29 is 19.0 Å². The molecule has 0 aliphatic heterocycles. The van der Waals surface area contributed by atoms with Crippen LogP contribution in [0.1, 0.15) is 33.4 Å². The third-order valence-electron chi connectivity index (χ3n) is 4.84. The molecule has 3 aromatic rings. The van der Waals surface area contributed by atoms with Crippen molar-refractivity contribution in [1.82, 2.24) is 10.3 Å². The average Bonchev–Trinajstić information content (AvgIpc) is 3.18. The molecule has 0 unspecified atom stereocenters. The zero-order valence-corrected chi connectivity index (χ0v) is 18.7. The van der Waals surface area contributed by atoms with Crippen LogP contribution >= 0.6 is 11.3 Å². The summed E-state index contributed by atoms with van der Waals surface area (Å²) in [4.78, 5) is 18.0. The molecule has 7 heteroatoms. The molecule has 1 amide bonds. The molecule has 1 aromatic heterocycles. The van der Waals surface area contributed by atoms with Crippen LogP contribution in [0.5, 0.6) is 17.2 Å². The van der Waals surface area contributed by atoms with Crippen molar-refractivity contribution >= 4 is 17.2 Å². The number of ether oxygens (including phenoxy) is 3. The fraction of sp³-hybridized carbons (Fsp3) is 0.304. The van der Waals surface area contributed by atoms with Gasteiger partial charge in [-0.25, -0.2) is 4.98 Å². The highest BCUT2D eigenvalue weighted by molar-refractivity contribution is 7.17. The summed E-state index contributed by atoms with van der Waals surface area (Å²) >= 11 is 1.39.